The topological polar surface area (TPSA) is 49.3 Å². The van der Waals surface area contributed by atoms with Gasteiger partial charge in [-0.15, -0.1) is 0 Å². The first kappa shape index (κ1) is 4.45. The first-order chi connectivity index (χ1) is 7.02. The van der Waals surface area contributed by atoms with E-state index >= 15 is 0 Å². The highest BCUT2D eigenvalue weighted by Gasteiger charge is 2.07. The maximum absolute atomic E-state index is 10.8. The molecule has 0 aliphatic rings. The molecule has 0 radical (unpaired) electrons. The molecule has 0 aromatic rings. The molecule has 0 aliphatic heterocycles. The Balaban J connectivity index is 4.69. The Morgan fingerprint density at radius 2 is 2.45 bits per heavy atom. The summed E-state index contributed by atoms with van der Waals surface area (Å²) < 4.78 is 36.5. The summed E-state index contributed by atoms with van der Waals surface area (Å²) >= 11 is 0. The van der Waals surface area contributed by atoms with E-state index in [0.717, 1.165) is 5.31 Å². The van der Waals surface area contributed by atoms with Crippen molar-refractivity contribution in [3.63, 3.8) is 0 Å². The Morgan fingerprint density at radius 1 is 1.82 bits per heavy atom. The number of carboxylic acids is 1. The van der Waals surface area contributed by atoms with Crippen molar-refractivity contribution in [2.45, 2.75) is 39.1 Å². The number of carboxylic acid groups (broad SMARTS) is 1. The Morgan fingerprint density at radius 3 is 2.91 bits per heavy atom. The van der Waals surface area contributed by atoms with Gasteiger partial charge in [0.25, 0.3) is 1.43 Å². The van der Waals surface area contributed by atoms with E-state index in [9.17, 15) is 4.79 Å². The average molecular weight is 164 g/mol. The maximum atomic E-state index is 10.8. The van der Waals surface area contributed by atoms with Crippen molar-refractivity contribution >= 4 is 5.97 Å². The monoisotopic (exact) mass is 164 g/mol. The van der Waals surface area contributed by atoms with Crippen LogP contribution >= 0.6 is 0 Å². The Kier molecular flexibility index (Phi) is 1.76. The van der Waals surface area contributed by atoms with Crippen LogP contribution in [0.1, 0.15) is 37.7 Å². The van der Waals surface area contributed by atoms with Crippen LogP contribution in [0.25, 0.3) is 1.43 Å². The van der Waals surface area contributed by atoms with Gasteiger partial charge in [0.2, 0.25) is 0 Å². The summed E-state index contributed by atoms with van der Waals surface area (Å²) in [6, 6.07) is 0. The molecular weight excluding hydrogens is 142 g/mol. The summed E-state index contributed by atoms with van der Waals surface area (Å²) in [5.41, 5.74) is -0.704. The predicted octanol–water partition coefficient (Wildman–Crippen LogP) is 1.24. The van der Waals surface area contributed by atoms with Crippen LogP contribution in [0.2, 0.25) is 1.41 Å². The van der Waals surface area contributed by atoms with E-state index in [0.29, 0.717) is 0 Å². The van der Waals surface area contributed by atoms with Crippen LogP contribution in [0, 0.1) is 0 Å². The van der Waals surface area contributed by atoms with Crippen LogP contribution in [0.3, 0.4) is 0 Å². The lowest BCUT2D eigenvalue weighted by Gasteiger charge is -2.19. The van der Waals surface area contributed by atoms with Gasteiger partial charge in [-0.25, -0.2) is 0 Å². The third-order valence-electron chi connectivity index (χ3n) is 0.790. The Hall–Kier alpha value is -0.570. The van der Waals surface area contributed by atoms with E-state index in [1.54, 1.807) is 20.8 Å². The van der Waals surface area contributed by atoms with Gasteiger partial charge in [-0.1, -0.05) is 0 Å². The molecule has 0 heterocycles. The zero-order chi connectivity index (χ0) is 13.1. The molecule has 0 aromatic carbocycles. The molecule has 3 nitrogen and oxygen atoms in total. The molecule has 0 aliphatic carbocycles. The summed E-state index contributed by atoms with van der Waals surface area (Å²) in [7, 11) is 0. The molecule has 0 rings (SSSR count). The van der Waals surface area contributed by atoms with Crippen molar-refractivity contribution in [2.75, 3.05) is 6.52 Å². The summed E-state index contributed by atoms with van der Waals surface area (Å²) in [6.45, 7) is 3.48. The molecular formula is C8H17NO2. The van der Waals surface area contributed by atoms with Crippen molar-refractivity contribution in [3.8, 4) is 0 Å². The predicted molar refractivity (Wildman–Crippen MR) is 44.6 cm³/mol. The number of hydrogen-bond donors (Lipinski definition) is 2. The lowest BCUT2D eigenvalue weighted by Crippen LogP contribution is -2.36. The van der Waals surface area contributed by atoms with Gasteiger partial charge in [0.1, 0.15) is 1.41 Å². The fraction of sp³-hybridized carbons (Fsp3) is 0.875. The van der Waals surface area contributed by atoms with Crippen LogP contribution in [0.15, 0.2) is 0 Å². The average Bonchev–Trinajstić information content (AvgIpc) is 2.13. The minimum Gasteiger partial charge on any atom is -0.481 e. The summed E-state index contributed by atoms with van der Waals surface area (Å²) in [4.78, 5) is 10.8. The number of rotatable bonds is 4. The Labute approximate surface area is 75.0 Å². The molecule has 0 saturated carbocycles. The largest absolute Gasteiger partial charge is 0.481 e. The first-order valence-corrected chi connectivity index (χ1v) is 3.39. The molecule has 2 N–H and O–H groups in total. The lowest BCUT2D eigenvalue weighted by molar-refractivity contribution is -0.137. The molecule has 1 unspecified atom stereocenters. The van der Waals surface area contributed by atoms with Crippen molar-refractivity contribution in [1.29, 1.82) is 1.43 Å². The Bertz CT molecular complexity index is 253. The third-order valence-corrected chi connectivity index (χ3v) is 0.790. The van der Waals surface area contributed by atoms with Crippen LogP contribution < -0.4 is 5.31 Å². The summed E-state index contributed by atoms with van der Waals surface area (Å²) in [5, 5.41) is 4.39. The third kappa shape index (κ3) is 9.43. The molecule has 0 fully saturated rings. The molecule has 0 saturated heterocycles. The van der Waals surface area contributed by atoms with Crippen LogP contribution in [-0.4, -0.2) is 23.1 Å². The van der Waals surface area contributed by atoms with Crippen molar-refractivity contribution < 1.29 is 15.4 Å². The van der Waals surface area contributed by atoms with Gasteiger partial charge in [-0.05, 0) is 33.7 Å². The van der Waals surface area contributed by atoms with Crippen molar-refractivity contribution in [2.24, 2.45) is 0 Å². The second kappa shape index (κ2) is 4.34. The minimum absolute atomic E-state index is 0.704. The number of hydrogen-bond acceptors (Lipinski definition) is 3. The van der Waals surface area contributed by atoms with E-state index in [-0.39, 0.29) is 0 Å². The normalized spacial score (nSPS) is 22.4. The molecule has 66 valence electrons. The second-order valence-electron chi connectivity index (χ2n) is 3.18. The lowest BCUT2D eigenvalue weighted by atomic mass is 10.1. The van der Waals surface area contributed by atoms with E-state index in [4.69, 9.17) is 6.96 Å². The van der Waals surface area contributed by atoms with Crippen LogP contribution in [-0.2, 0) is 4.79 Å². The van der Waals surface area contributed by atoms with Crippen molar-refractivity contribution in [1.82, 2.24) is 5.31 Å². The second-order valence-corrected chi connectivity index (χ2v) is 3.18. The van der Waals surface area contributed by atoms with Crippen molar-refractivity contribution in [3.05, 3.63) is 0 Å². The number of carbonyl (C=O) groups is 1. The minimum atomic E-state index is -2.23. The molecule has 1 atom stereocenters. The summed E-state index contributed by atoms with van der Waals surface area (Å²) in [5.74, 6) is -1.05. The molecule has 11 heavy (non-hydrogen) atoms. The molecule has 0 amide bonds. The van der Waals surface area contributed by atoms with E-state index in [1.165, 1.54) is 0 Å². The van der Waals surface area contributed by atoms with Gasteiger partial charge in [-0.3, -0.25) is 4.79 Å². The number of nitrogens with one attached hydrogen (secondary N) is 1. The standard InChI is InChI=1S/C8H17NO2/c1-8(2,3)9-6-4-5-7(10)11/h9H,4-6H2,1-3H3,(H,10,11)/i4D2,6D/hD2. The highest BCUT2D eigenvalue weighted by molar-refractivity contribution is 5.66. The highest BCUT2D eigenvalue weighted by atomic mass is 16.4. The zero-order valence-corrected chi connectivity index (χ0v) is 7.05. The van der Waals surface area contributed by atoms with Crippen LogP contribution in [0.5, 0.6) is 0 Å². The fourth-order valence-electron chi connectivity index (χ4n) is 0.368. The van der Waals surface area contributed by atoms with Gasteiger partial charge in [0.05, 0.1) is 0 Å². The maximum Gasteiger partial charge on any atom is 0.303 e. The highest BCUT2D eigenvalue weighted by Crippen LogP contribution is 1.98. The summed E-state index contributed by atoms with van der Waals surface area (Å²) in [6.07, 6.45) is -2.94. The number of aliphatic carboxylic acids is 1. The molecule has 0 bridgehead atoms. The molecule has 0 aromatic heterocycles. The molecule has 3 heteroatoms. The van der Waals surface area contributed by atoms with Gasteiger partial charge in [0, 0.05) is 16.1 Å². The molecule has 0 spiro atoms. The first-order valence-electron chi connectivity index (χ1n) is 5.82. The van der Waals surface area contributed by atoms with E-state index in [1.807, 2.05) is 0 Å². The van der Waals surface area contributed by atoms with Crippen LogP contribution in [0.4, 0.5) is 0 Å². The van der Waals surface area contributed by atoms with Gasteiger partial charge in [-0.2, -0.15) is 0 Å². The fourth-order valence-corrected chi connectivity index (χ4v) is 0.368. The van der Waals surface area contributed by atoms with Gasteiger partial charge in [0.15, 0.2) is 0 Å². The van der Waals surface area contributed by atoms with E-state index in [2.05, 4.69) is 5.11 Å². The van der Waals surface area contributed by atoms with Gasteiger partial charge >= 0.3 is 5.97 Å². The SMILES string of the molecule is [2H]OC(=O)CC([2H])([2H])C([2H])N([2H])C(C)(C)C. The zero-order valence-electron chi connectivity index (χ0n) is 12.0. The smallest absolute Gasteiger partial charge is 0.303 e. The van der Waals surface area contributed by atoms with E-state index < -0.39 is 30.8 Å². The van der Waals surface area contributed by atoms with Gasteiger partial charge < -0.3 is 10.4 Å². The quantitative estimate of drug-likeness (QED) is 0.657.